The van der Waals surface area contributed by atoms with Crippen molar-refractivity contribution in [3.8, 4) is 0 Å². The van der Waals surface area contributed by atoms with Gasteiger partial charge in [0.2, 0.25) is 11.8 Å². The smallest absolute Gasteiger partial charge is 0.269 e. The van der Waals surface area contributed by atoms with E-state index in [1.165, 1.54) is 31.2 Å². The second-order valence-corrected chi connectivity index (χ2v) is 3.78. The Morgan fingerprint density at radius 1 is 1.39 bits per heavy atom. The van der Waals surface area contributed by atoms with E-state index in [0.717, 1.165) is 0 Å². The third-order valence-electron chi connectivity index (χ3n) is 2.31. The van der Waals surface area contributed by atoms with Crippen molar-refractivity contribution in [1.82, 2.24) is 5.32 Å². The molecule has 3 N–H and O–H groups in total. The molecule has 7 nitrogen and oxygen atoms in total. The summed E-state index contributed by atoms with van der Waals surface area (Å²) < 4.78 is 0. The van der Waals surface area contributed by atoms with Gasteiger partial charge in [0, 0.05) is 25.5 Å². The lowest BCUT2D eigenvalue weighted by molar-refractivity contribution is -0.384. The number of carbonyl (C=O) groups is 2. The highest BCUT2D eigenvalue weighted by Crippen LogP contribution is 2.13. The molecule has 0 unspecified atom stereocenters. The summed E-state index contributed by atoms with van der Waals surface area (Å²) in [6.07, 6.45) is 0.201. The molecule has 0 bridgehead atoms. The highest BCUT2D eigenvalue weighted by Gasteiger charge is 2.17. The van der Waals surface area contributed by atoms with E-state index < -0.39 is 16.9 Å². The Balaban J connectivity index is 2.78. The van der Waals surface area contributed by atoms with Crippen LogP contribution in [-0.2, 0) is 16.0 Å². The van der Waals surface area contributed by atoms with E-state index in [1.807, 2.05) is 0 Å². The maximum Gasteiger partial charge on any atom is 0.269 e. The van der Waals surface area contributed by atoms with Crippen LogP contribution in [0.5, 0.6) is 0 Å². The van der Waals surface area contributed by atoms with Gasteiger partial charge in [0.05, 0.1) is 4.92 Å². The monoisotopic (exact) mass is 251 g/mol. The SMILES string of the molecule is CC(=O)N[C@H](Cc1ccc([N+](=O)[O-])cc1)C(N)=O. The Morgan fingerprint density at radius 3 is 2.33 bits per heavy atom. The number of nitrogens with two attached hydrogens (primary N) is 1. The normalized spacial score (nSPS) is 11.6. The molecule has 0 aliphatic carbocycles. The Hall–Kier alpha value is -2.44. The Labute approximate surface area is 103 Å². The van der Waals surface area contributed by atoms with Crippen LogP contribution in [0.2, 0.25) is 0 Å². The lowest BCUT2D eigenvalue weighted by Gasteiger charge is -2.13. The van der Waals surface area contributed by atoms with Crippen molar-refractivity contribution in [3.63, 3.8) is 0 Å². The van der Waals surface area contributed by atoms with E-state index in [-0.39, 0.29) is 18.0 Å². The van der Waals surface area contributed by atoms with Gasteiger partial charge in [-0.3, -0.25) is 19.7 Å². The molecule has 0 saturated carbocycles. The lowest BCUT2D eigenvalue weighted by Crippen LogP contribution is -2.44. The van der Waals surface area contributed by atoms with Gasteiger partial charge in [-0.15, -0.1) is 0 Å². The van der Waals surface area contributed by atoms with E-state index in [0.29, 0.717) is 5.56 Å². The zero-order valence-electron chi connectivity index (χ0n) is 9.75. The second-order valence-electron chi connectivity index (χ2n) is 3.78. The van der Waals surface area contributed by atoms with Crippen molar-refractivity contribution >= 4 is 17.5 Å². The maximum absolute atomic E-state index is 11.1. The molecule has 1 atom stereocenters. The average Bonchev–Trinajstić information content (AvgIpc) is 2.28. The minimum atomic E-state index is -0.816. The first-order valence-electron chi connectivity index (χ1n) is 5.20. The number of non-ortho nitro benzene ring substituents is 1. The summed E-state index contributed by atoms with van der Waals surface area (Å²) in [6.45, 7) is 1.28. The predicted octanol–water partition coefficient (Wildman–Crippen LogP) is 0.127. The molecular formula is C11H13N3O4. The first kappa shape index (κ1) is 13.6. The van der Waals surface area contributed by atoms with Crippen LogP contribution in [0.1, 0.15) is 12.5 Å². The molecule has 0 saturated heterocycles. The molecule has 0 fully saturated rings. The van der Waals surface area contributed by atoms with E-state index in [9.17, 15) is 19.7 Å². The van der Waals surface area contributed by atoms with Crippen LogP contribution in [0.3, 0.4) is 0 Å². The first-order chi connectivity index (χ1) is 8.40. The summed E-state index contributed by atoms with van der Waals surface area (Å²) in [6, 6.07) is 4.90. The first-order valence-corrected chi connectivity index (χ1v) is 5.20. The third kappa shape index (κ3) is 3.85. The number of carbonyl (C=O) groups excluding carboxylic acids is 2. The van der Waals surface area contributed by atoms with Gasteiger partial charge in [-0.05, 0) is 5.56 Å². The number of rotatable bonds is 5. The molecule has 2 amide bonds. The van der Waals surface area contributed by atoms with Gasteiger partial charge in [-0.25, -0.2) is 0 Å². The number of hydrogen-bond donors (Lipinski definition) is 2. The number of hydrogen-bond acceptors (Lipinski definition) is 4. The van der Waals surface area contributed by atoms with Crippen molar-refractivity contribution < 1.29 is 14.5 Å². The van der Waals surface area contributed by atoms with Crippen LogP contribution in [0.4, 0.5) is 5.69 Å². The summed E-state index contributed by atoms with van der Waals surface area (Å²) in [5.41, 5.74) is 5.79. The van der Waals surface area contributed by atoms with Gasteiger partial charge in [0.1, 0.15) is 6.04 Å². The van der Waals surface area contributed by atoms with Crippen molar-refractivity contribution in [2.24, 2.45) is 5.73 Å². The van der Waals surface area contributed by atoms with Gasteiger partial charge in [-0.1, -0.05) is 12.1 Å². The Kier molecular flexibility index (Phi) is 4.36. The quantitative estimate of drug-likeness (QED) is 0.571. The molecule has 0 heterocycles. The summed E-state index contributed by atoms with van der Waals surface area (Å²) in [5, 5.41) is 12.9. The fourth-order valence-corrected chi connectivity index (χ4v) is 1.46. The standard InChI is InChI=1S/C11H13N3O4/c1-7(15)13-10(11(12)16)6-8-2-4-9(5-3-8)14(17)18/h2-5,10H,6H2,1H3,(H2,12,16)(H,13,15)/t10-/m1/s1. The fraction of sp³-hybridized carbons (Fsp3) is 0.273. The molecule has 0 radical (unpaired) electrons. The van der Waals surface area contributed by atoms with Crippen LogP contribution < -0.4 is 11.1 Å². The summed E-state index contributed by atoms with van der Waals surface area (Å²) in [5.74, 6) is -1.01. The number of nitro benzene ring substituents is 1. The van der Waals surface area contributed by atoms with Crippen molar-refractivity contribution in [3.05, 3.63) is 39.9 Å². The predicted molar refractivity (Wildman–Crippen MR) is 63.6 cm³/mol. The summed E-state index contributed by atoms with van der Waals surface area (Å²) in [4.78, 5) is 31.9. The highest BCUT2D eigenvalue weighted by atomic mass is 16.6. The van der Waals surface area contributed by atoms with E-state index in [4.69, 9.17) is 5.73 Å². The van der Waals surface area contributed by atoms with E-state index >= 15 is 0 Å². The molecule has 96 valence electrons. The zero-order chi connectivity index (χ0) is 13.7. The Morgan fingerprint density at radius 2 is 1.94 bits per heavy atom. The third-order valence-corrected chi connectivity index (χ3v) is 2.31. The number of nitro groups is 1. The molecule has 1 aromatic rings. The Bertz CT molecular complexity index is 470. The number of primary amides is 1. The highest BCUT2D eigenvalue weighted by molar-refractivity contribution is 5.85. The van der Waals surface area contributed by atoms with Gasteiger partial charge >= 0.3 is 0 Å². The molecular weight excluding hydrogens is 238 g/mol. The summed E-state index contributed by atoms with van der Waals surface area (Å²) >= 11 is 0. The zero-order valence-corrected chi connectivity index (χ0v) is 9.75. The van der Waals surface area contributed by atoms with Crippen molar-refractivity contribution in [2.45, 2.75) is 19.4 Å². The number of amides is 2. The molecule has 0 aliphatic heterocycles. The maximum atomic E-state index is 11.1. The minimum absolute atomic E-state index is 0.0334. The van der Waals surface area contributed by atoms with Gasteiger partial charge in [-0.2, -0.15) is 0 Å². The molecule has 1 aromatic carbocycles. The molecule has 1 rings (SSSR count). The van der Waals surface area contributed by atoms with Crippen LogP contribution in [0.25, 0.3) is 0 Å². The molecule has 0 aromatic heterocycles. The van der Waals surface area contributed by atoms with Gasteiger partial charge in [0.15, 0.2) is 0 Å². The number of nitrogens with one attached hydrogen (secondary N) is 1. The summed E-state index contributed by atoms with van der Waals surface area (Å²) in [7, 11) is 0. The van der Waals surface area contributed by atoms with Crippen molar-refractivity contribution in [2.75, 3.05) is 0 Å². The second kappa shape index (κ2) is 5.76. The molecule has 0 spiro atoms. The van der Waals surface area contributed by atoms with E-state index in [2.05, 4.69) is 5.32 Å². The van der Waals surface area contributed by atoms with Crippen LogP contribution >= 0.6 is 0 Å². The van der Waals surface area contributed by atoms with E-state index in [1.54, 1.807) is 0 Å². The van der Waals surface area contributed by atoms with Gasteiger partial charge < -0.3 is 11.1 Å². The lowest BCUT2D eigenvalue weighted by atomic mass is 10.1. The molecule has 0 aliphatic rings. The van der Waals surface area contributed by atoms with Crippen LogP contribution in [-0.4, -0.2) is 22.8 Å². The largest absolute Gasteiger partial charge is 0.368 e. The van der Waals surface area contributed by atoms with Crippen molar-refractivity contribution in [1.29, 1.82) is 0 Å². The van der Waals surface area contributed by atoms with Crippen LogP contribution in [0.15, 0.2) is 24.3 Å². The topological polar surface area (TPSA) is 115 Å². The number of benzene rings is 1. The minimum Gasteiger partial charge on any atom is -0.368 e. The average molecular weight is 251 g/mol. The number of nitrogens with zero attached hydrogens (tertiary/aromatic N) is 1. The fourth-order valence-electron chi connectivity index (χ4n) is 1.46. The molecule has 18 heavy (non-hydrogen) atoms. The molecule has 7 heteroatoms. The van der Waals surface area contributed by atoms with Gasteiger partial charge in [0.25, 0.3) is 5.69 Å². The van der Waals surface area contributed by atoms with Crippen LogP contribution in [0, 0.1) is 10.1 Å².